The SMILES string of the molecule is CCCCC(C)(CC)Cc1cccnc1. The van der Waals surface area contributed by atoms with Gasteiger partial charge in [0, 0.05) is 12.4 Å². The summed E-state index contributed by atoms with van der Waals surface area (Å²) >= 11 is 0. The summed E-state index contributed by atoms with van der Waals surface area (Å²) < 4.78 is 0. The molecule has 84 valence electrons. The van der Waals surface area contributed by atoms with Gasteiger partial charge in [-0.2, -0.15) is 0 Å². The van der Waals surface area contributed by atoms with Crippen LogP contribution in [0.1, 0.15) is 52.0 Å². The summed E-state index contributed by atoms with van der Waals surface area (Å²) in [6, 6.07) is 4.22. The first-order valence-electron chi connectivity index (χ1n) is 6.09. The minimum Gasteiger partial charge on any atom is -0.264 e. The molecule has 1 aromatic heterocycles. The van der Waals surface area contributed by atoms with Crippen LogP contribution in [-0.4, -0.2) is 4.98 Å². The Bertz CT molecular complexity index is 268. The predicted octanol–water partition coefficient (Wildman–Crippen LogP) is 4.23. The van der Waals surface area contributed by atoms with Gasteiger partial charge in [0.25, 0.3) is 0 Å². The maximum Gasteiger partial charge on any atom is 0.0300 e. The number of rotatable bonds is 6. The van der Waals surface area contributed by atoms with Gasteiger partial charge in [-0.25, -0.2) is 0 Å². The van der Waals surface area contributed by atoms with Crippen LogP contribution >= 0.6 is 0 Å². The molecule has 0 aliphatic rings. The van der Waals surface area contributed by atoms with E-state index in [9.17, 15) is 0 Å². The van der Waals surface area contributed by atoms with Crippen LogP contribution in [0.2, 0.25) is 0 Å². The second-order valence-corrected chi connectivity index (χ2v) is 4.81. The highest BCUT2D eigenvalue weighted by Gasteiger charge is 2.21. The molecule has 0 saturated carbocycles. The van der Waals surface area contributed by atoms with Gasteiger partial charge in [0.1, 0.15) is 0 Å². The standard InChI is InChI=1S/C14H23N/c1-4-6-9-14(3,5-2)11-13-8-7-10-15-12-13/h7-8,10,12H,4-6,9,11H2,1-3H3. The summed E-state index contributed by atoms with van der Waals surface area (Å²) in [7, 11) is 0. The summed E-state index contributed by atoms with van der Waals surface area (Å²) in [4.78, 5) is 4.18. The molecular formula is C14H23N. The van der Waals surface area contributed by atoms with Gasteiger partial charge in [-0.15, -0.1) is 0 Å². The third-order valence-electron chi connectivity index (χ3n) is 3.34. The van der Waals surface area contributed by atoms with E-state index in [0.29, 0.717) is 5.41 Å². The van der Waals surface area contributed by atoms with Gasteiger partial charge in [0.15, 0.2) is 0 Å². The average molecular weight is 205 g/mol. The van der Waals surface area contributed by atoms with E-state index in [-0.39, 0.29) is 0 Å². The summed E-state index contributed by atoms with van der Waals surface area (Å²) in [6.45, 7) is 6.96. The second-order valence-electron chi connectivity index (χ2n) is 4.81. The zero-order valence-electron chi connectivity index (χ0n) is 10.3. The first-order chi connectivity index (χ1) is 7.20. The van der Waals surface area contributed by atoms with Crippen LogP contribution in [0.15, 0.2) is 24.5 Å². The minimum absolute atomic E-state index is 0.457. The first kappa shape index (κ1) is 12.2. The van der Waals surface area contributed by atoms with Gasteiger partial charge >= 0.3 is 0 Å². The van der Waals surface area contributed by atoms with E-state index in [1.807, 2.05) is 18.5 Å². The Morgan fingerprint density at radius 1 is 1.33 bits per heavy atom. The van der Waals surface area contributed by atoms with Crippen LogP contribution in [-0.2, 0) is 6.42 Å². The van der Waals surface area contributed by atoms with E-state index in [4.69, 9.17) is 0 Å². The van der Waals surface area contributed by atoms with Crippen LogP contribution in [0.5, 0.6) is 0 Å². The molecule has 1 rings (SSSR count). The molecule has 1 nitrogen and oxygen atoms in total. The van der Waals surface area contributed by atoms with E-state index in [0.717, 1.165) is 6.42 Å². The highest BCUT2D eigenvalue weighted by Crippen LogP contribution is 2.31. The third kappa shape index (κ3) is 4.03. The molecule has 0 spiro atoms. The van der Waals surface area contributed by atoms with Gasteiger partial charge in [-0.1, -0.05) is 46.1 Å². The fraction of sp³-hybridized carbons (Fsp3) is 0.643. The van der Waals surface area contributed by atoms with E-state index in [1.165, 1.54) is 31.2 Å². The van der Waals surface area contributed by atoms with Crippen molar-refractivity contribution in [2.75, 3.05) is 0 Å². The molecule has 1 aromatic rings. The molecule has 15 heavy (non-hydrogen) atoms. The Hall–Kier alpha value is -0.850. The minimum atomic E-state index is 0.457. The fourth-order valence-corrected chi connectivity index (χ4v) is 1.99. The van der Waals surface area contributed by atoms with E-state index < -0.39 is 0 Å². The largest absolute Gasteiger partial charge is 0.264 e. The Morgan fingerprint density at radius 2 is 2.13 bits per heavy atom. The first-order valence-corrected chi connectivity index (χ1v) is 6.09. The Balaban J connectivity index is 2.59. The molecule has 0 bridgehead atoms. The van der Waals surface area contributed by atoms with Gasteiger partial charge in [0.2, 0.25) is 0 Å². The van der Waals surface area contributed by atoms with Crippen molar-refractivity contribution >= 4 is 0 Å². The molecule has 1 heteroatoms. The van der Waals surface area contributed by atoms with Crippen molar-refractivity contribution in [3.05, 3.63) is 30.1 Å². The zero-order valence-corrected chi connectivity index (χ0v) is 10.3. The second kappa shape index (κ2) is 5.89. The number of pyridine rings is 1. The van der Waals surface area contributed by atoms with Crippen LogP contribution in [0.4, 0.5) is 0 Å². The fourth-order valence-electron chi connectivity index (χ4n) is 1.99. The topological polar surface area (TPSA) is 12.9 Å². The van der Waals surface area contributed by atoms with Crippen LogP contribution in [0.25, 0.3) is 0 Å². The number of aromatic nitrogens is 1. The molecule has 0 aromatic carbocycles. The Labute approximate surface area is 93.9 Å². The number of nitrogens with zero attached hydrogens (tertiary/aromatic N) is 1. The molecule has 0 N–H and O–H groups in total. The van der Waals surface area contributed by atoms with Crippen molar-refractivity contribution in [3.8, 4) is 0 Å². The smallest absolute Gasteiger partial charge is 0.0300 e. The highest BCUT2D eigenvalue weighted by molar-refractivity contribution is 5.10. The van der Waals surface area contributed by atoms with Crippen molar-refractivity contribution in [1.29, 1.82) is 0 Å². The van der Waals surface area contributed by atoms with Crippen LogP contribution in [0, 0.1) is 5.41 Å². The molecule has 0 saturated heterocycles. The average Bonchev–Trinajstić information content (AvgIpc) is 2.28. The lowest BCUT2D eigenvalue weighted by atomic mass is 9.77. The van der Waals surface area contributed by atoms with Crippen molar-refractivity contribution in [2.24, 2.45) is 5.41 Å². The summed E-state index contributed by atoms with van der Waals surface area (Å²) in [5.41, 5.74) is 1.83. The molecule has 0 radical (unpaired) electrons. The van der Waals surface area contributed by atoms with Crippen LogP contribution in [0.3, 0.4) is 0 Å². The zero-order chi connectivity index (χ0) is 11.1. The van der Waals surface area contributed by atoms with Gasteiger partial charge < -0.3 is 0 Å². The van der Waals surface area contributed by atoms with Gasteiger partial charge in [0.05, 0.1) is 0 Å². The number of hydrogen-bond acceptors (Lipinski definition) is 1. The van der Waals surface area contributed by atoms with Crippen molar-refractivity contribution < 1.29 is 0 Å². The summed E-state index contributed by atoms with van der Waals surface area (Å²) in [5.74, 6) is 0. The highest BCUT2D eigenvalue weighted by atomic mass is 14.6. The van der Waals surface area contributed by atoms with E-state index in [1.54, 1.807) is 0 Å². The lowest BCUT2D eigenvalue weighted by Crippen LogP contribution is -2.18. The number of hydrogen-bond donors (Lipinski definition) is 0. The molecule has 0 amide bonds. The lowest BCUT2D eigenvalue weighted by Gasteiger charge is -2.28. The predicted molar refractivity (Wildman–Crippen MR) is 65.9 cm³/mol. The maximum absolute atomic E-state index is 4.18. The van der Waals surface area contributed by atoms with Crippen molar-refractivity contribution in [3.63, 3.8) is 0 Å². The maximum atomic E-state index is 4.18. The van der Waals surface area contributed by atoms with E-state index in [2.05, 4.69) is 31.8 Å². The Morgan fingerprint density at radius 3 is 2.67 bits per heavy atom. The number of unbranched alkanes of at least 4 members (excludes halogenated alkanes) is 1. The van der Waals surface area contributed by atoms with Crippen LogP contribution < -0.4 is 0 Å². The quantitative estimate of drug-likeness (QED) is 0.677. The normalized spacial score (nSPS) is 14.9. The molecule has 1 unspecified atom stereocenters. The molecule has 0 fully saturated rings. The van der Waals surface area contributed by atoms with E-state index >= 15 is 0 Å². The molecule has 0 aliphatic heterocycles. The summed E-state index contributed by atoms with van der Waals surface area (Å²) in [5, 5.41) is 0. The molecule has 1 atom stereocenters. The summed E-state index contributed by atoms with van der Waals surface area (Å²) in [6.07, 6.45) is 10.2. The van der Waals surface area contributed by atoms with Crippen molar-refractivity contribution in [2.45, 2.75) is 52.9 Å². The molecule has 1 heterocycles. The molecule has 0 aliphatic carbocycles. The lowest BCUT2D eigenvalue weighted by molar-refractivity contribution is 0.273. The van der Waals surface area contributed by atoms with Gasteiger partial charge in [-0.05, 0) is 29.9 Å². The molecular weight excluding hydrogens is 182 g/mol. The van der Waals surface area contributed by atoms with Gasteiger partial charge in [-0.3, -0.25) is 4.98 Å². The third-order valence-corrected chi connectivity index (χ3v) is 3.34. The van der Waals surface area contributed by atoms with Crippen molar-refractivity contribution in [1.82, 2.24) is 4.98 Å². The Kier molecular flexibility index (Phi) is 4.80. The monoisotopic (exact) mass is 205 g/mol.